The van der Waals surface area contributed by atoms with Crippen LogP contribution in [0, 0.1) is 0 Å². The fourth-order valence-electron chi connectivity index (χ4n) is 1.07. The molecule has 0 saturated carbocycles. The van der Waals surface area contributed by atoms with Crippen molar-refractivity contribution >= 4 is 5.97 Å². The molecule has 0 spiro atoms. The van der Waals surface area contributed by atoms with Gasteiger partial charge in [0.05, 0.1) is 18.8 Å². The Morgan fingerprint density at radius 2 is 2.07 bits per heavy atom. The molecule has 1 rings (SSSR count). The standard InChI is InChI=1S/C11H12O3/c1-3-10(12)8-4-6-9(7-5-8)11(13)14-2/h3-7,10,12H,1H2,2H3. The van der Waals surface area contributed by atoms with E-state index in [1.165, 1.54) is 13.2 Å². The lowest BCUT2D eigenvalue weighted by Gasteiger charge is -2.05. The first-order valence-electron chi connectivity index (χ1n) is 4.18. The average molecular weight is 192 g/mol. The second kappa shape index (κ2) is 4.58. The molecule has 74 valence electrons. The van der Waals surface area contributed by atoms with Gasteiger partial charge in [-0.25, -0.2) is 4.79 Å². The Bertz CT molecular complexity index is 327. The van der Waals surface area contributed by atoms with E-state index in [1.807, 2.05) is 0 Å². The van der Waals surface area contributed by atoms with Crippen LogP contribution >= 0.6 is 0 Å². The topological polar surface area (TPSA) is 46.5 Å². The van der Waals surface area contributed by atoms with Crippen LogP contribution in [0.2, 0.25) is 0 Å². The van der Waals surface area contributed by atoms with Crippen LogP contribution < -0.4 is 0 Å². The van der Waals surface area contributed by atoms with Gasteiger partial charge in [0.25, 0.3) is 0 Å². The Hall–Kier alpha value is -1.61. The van der Waals surface area contributed by atoms with Gasteiger partial charge in [-0.1, -0.05) is 18.2 Å². The maximum atomic E-state index is 11.1. The molecule has 0 aromatic heterocycles. The molecule has 14 heavy (non-hydrogen) atoms. The first kappa shape index (κ1) is 10.5. The van der Waals surface area contributed by atoms with Crippen LogP contribution in [0.4, 0.5) is 0 Å². The van der Waals surface area contributed by atoms with Crippen molar-refractivity contribution in [3.8, 4) is 0 Å². The largest absolute Gasteiger partial charge is 0.465 e. The summed E-state index contributed by atoms with van der Waals surface area (Å²) in [6.07, 6.45) is 0.731. The van der Waals surface area contributed by atoms with Crippen molar-refractivity contribution in [2.24, 2.45) is 0 Å². The number of hydrogen-bond acceptors (Lipinski definition) is 3. The van der Waals surface area contributed by atoms with Crippen LogP contribution in [-0.2, 0) is 4.74 Å². The molecule has 0 saturated heterocycles. The second-order valence-electron chi connectivity index (χ2n) is 2.79. The van der Waals surface area contributed by atoms with E-state index in [4.69, 9.17) is 0 Å². The molecule has 0 amide bonds. The van der Waals surface area contributed by atoms with Crippen molar-refractivity contribution in [1.82, 2.24) is 0 Å². The Morgan fingerprint density at radius 1 is 1.50 bits per heavy atom. The first-order chi connectivity index (χ1) is 6.69. The lowest BCUT2D eigenvalue weighted by atomic mass is 10.1. The highest BCUT2D eigenvalue weighted by Crippen LogP contribution is 2.14. The van der Waals surface area contributed by atoms with E-state index in [0.717, 1.165) is 0 Å². The van der Waals surface area contributed by atoms with Gasteiger partial charge in [-0.05, 0) is 17.7 Å². The summed E-state index contributed by atoms with van der Waals surface area (Å²) in [5.41, 5.74) is 1.17. The van der Waals surface area contributed by atoms with Crippen LogP contribution in [0.3, 0.4) is 0 Å². The van der Waals surface area contributed by atoms with Crippen molar-refractivity contribution in [2.75, 3.05) is 7.11 Å². The molecule has 0 aliphatic heterocycles. The summed E-state index contributed by atoms with van der Waals surface area (Å²) in [5, 5.41) is 9.38. The lowest BCUT2D eigenvalue weighted by molar-refractivity contribution is 0.0600. The maximum absolute atomic E-state index is 11.1. The molecule has 1 N–H and O–H groups in total. The fourth-order valence-corrected chi connectivity index (χ4v) is 1.07. The first-order valence-corrected chi connectivity index (χ1v) is 4.18. The molecule has 1 unspecified atom stereocenters. The number of esters is 1. The zero-order valence-corrected chi connectivity index (χ0v) is 7.93. The SMILES string of the molecule is C=CC(O)c1ccc(C(=O)OC)cc1. The minimum absolute atomic E-state index is 0.385. The van der Waals surface area contributed by atoms with Crippen LogP contribution in [0.25, 0.3) is 0 Å². The third kappa shape index (κ3) is 2.20. The molecule has 0 aliphatic carbocycles. The highest BCUT2D eigenvalue weighted by atomic mass is 16.5. The zero-order valence-electron chi connectivity index (χ0n) is 7.93. The van der Waals surface area contributed by atoms with Gasteiger partial charge in [0.1, 0.15) is 0 Å². The summed E-state index contributed by atoms with van der Waals surface area (Å²) in [4.78, 5) is 11.1. The number of benzene rings is 1. The maximum Gasteiger partial charge on any atom is 0.337 e. The zero-order chi connectivity index (χ0) is 10.6. The van der Waals surface area contributed by atoms with E-state index >= 15 is 0 Å². The van der Waals surface area contributed by atoms with Gasteiger partial charge in [-0.3, -0.25) is 0 Å². The van der Waals surface area contributed by atoms with Crippen molar-refractivity contribution in [2.45, 2.75) is 6.10 Å². The van der Waals surface area contributed by atoms with Crippen molar-refractivity contribution in [3.63, 3.8) is 0 Å². The van der Waals surface area contributed by atoms with Crippen LogP contribution in [0.15, 0.2) is 36.9 Å². The molecule has 0 aliphatic rings. The molecule has 1 aromatic carbocycles. The van der Waals surface area contributed by atoms with E-state index in [-0.39, 0.29) is 5.97 Å². The molecular weight excluding hydrogens is 180 g/mol. The normalized spacial score (nSPS) is 11.9. The number of carbonyl (C=O) groups is 1. The monoisotopic (exact) mass is 192 g/mol. The molecule has 0 heterocycles. The molecular formula is C11H12O3. The molecule has 0 bridgehead atoms. The summed E-state index contributed by atoms with van der Waals surface area (Å²) in [7, 11) is 1.33. The van der Waals surface area contributed by atoms with Gasteiger partial charge in [-0.15, -0.1) is 6.58 Å². The molecule has 0 fully saturated rings. The van der Waals surface area contributed by atoms with Crippen LogP contribution in [0.1, 0.15) is 22.0 Å². The van der Waals surface area contributed by atoms with Gasteiger partial charge in [0.15, 0.2) is 0 Å². The third-order valence-electron chi connectivity index (χ3n) is 1.90. The van der Waals surface area contributed by atoms with Crippen molar-refractivity contribution < 1.29 is 14.6 Å². The average Bonchev–Trinajstić information content (AvgIpc) is 2.27. The Balaban J connectivity index is 2.88. The minimum atomic E-state index is -0.693. The number of ether oxygens (including phenoxy) is 1. The summed E-state index contributed by atoms with van der Waals surface area (Å²) in [5.74, 6) is -0.385. The summed E-state index contributed by atoms with van der Waals surface area (Å²) < 4.78 is 4.54. The van der Waals surface area contributed by atoms with E-state index in [1.54, 1.807) is 24.3 Å². The minimum Gasteiger partial charge on any atom is -0.465 e. The molecule has 3 heteroatoms. The van der Waals surface area contributed by atoms with E-state index in [0.29, 0.717) is 11.1 Å². The second-order valence-corrected chi connectivity index (χ2v) is 2.79. The van der Waals surface area contributed by atoms with Crippen LogP contribution in [0.5, 0.6) is 0 Å². The number of carbonyl (C=O) groups excluding carboxylic acids is 1. The van der Waals surface area contributed by atoms with Gasteiger partial charge in [-0.2, -0.15) is 0 Å². The molecule has 3 nitrogen and oxygen atoms in total. The van der Waals surface area contributed by atoms with Gasteiger partial charge < -0.3 is 9.84 Å². The predicted molar refractivity (Wildman–Crippen MR) is 52.9 cm³/mol. The molecule has 0 radical (unpaired) electrons. The highest BCUT2D eigenvalue weighted by molar-refractivity contribution is 5.89. The summed E-state index contributed by atoms with van der Waals surface area (Å²) in [6, 6.07) is 6.54. The fraction of sp³-hybridized carbons (Fsp3) is 0.182. The predicted octanol–water partition coefficient (Wildman–Crippen LogP) is 1.69. The third-order valence-corrected chi connectivity index (χ3v) is 1.90. The van der Waals surface area contributed by atoms with Gasteiger partial charge >= 0.3 is 5.97 Å². The Kier molecular flexibility index (Phi) is 3.42. The Labute approximate surface area is 82.6 Å². The van der Waals surface area contributed by atoms with Gasteiger partial charge in [0, 0.05) is 0 Å². The van der Waals surface area contributed by atoms with Crippen molar-refractivity contribution in [1.29, 1.82) is 0 Å². The van der Waals surface area contributed by atoms with Crippen molar-refractivity contribution in [3.05, 3.63) is 48.0 Å². The smallest absolute Gasteiger partial charge is 0.337 e. The number of aliphatic hydroxyl groups excluding tert-OH is 1. The number of methoxy groups -OCH3 is 1. The number of aliphatic hydroxyl groups is 1. The number of hydrogen-bond donors (Lipinski definition) is 1. The van der Waals surface area contributed by atoms with E-state index in [9.17, 15) is 9.90 Å². The van der Waals surface area contributed by atoms with E-state index in [2.05, 4.69) is 11.3 Å². The molecule has 1 aromatic rings. The summed E-state index contributed by atoms with van der Waals surface area (Å²) >= 11 is 0. The Morgan fingerprint density at radius 3 is 2.50 bits per heavy atom. The molecule has 1 atom stereocenters. The quantitative estimate of drug-likeness (QED) is 0.585. The summed E-state index contributed by atoms with van der Waals surface area (Å²) in [6.45, 7) is 3.47. The lowest BCUT2D eigenvalue weighted by Crippen LogP contribution is -2.01. The highest BCUT2D eigenvalue weighted by Gasteiger charge is 2.06. The van der Waals surface area contributed by atoms with E-state index < -0.39 is 6.10 Å². The van der Waals surface area contributed by atoms with Gasteiger partial charge in [0.2, 0.25) is 0 Å². The van der Waals surface area contributed by atoms with Crippen LogP contribution in [-0.4, -0.2) is 18.2 Å². The number of rotatable bonds is 3.